The van der Waals surface area contributed by atoms with Crippen molar-refractivity contribution in [2.24, 2.45) is 0 Å². The number of hydrogen-bond donors (Lipinski definition) is 2. The Balaban J connectivity index is 2.38. The van der Waals surface area contributed by atoms with Gasteiger partial charge < -0.3 is 10.4 Å². The highest BCUT2D eigenvalue weighted by molar-refractivity contribution is 5.85. The van der Waals surface area contributed by atoms with E-state index in [-0.39, 0.29) is 5.82 Å². The summed E-state index contributed by atoms with van der Waals surface area (Å²) in [5.41, 5.74) is 1.62. The number of imidazole rings is 1. The number of nitrogens with zero attached hydrogens (tertiary/aromatic N) is 2. The first-order valence-corrected chi connectivity index (χ1v) is 5.64. The Bertz CT molecular complexity index is 534. The summed E-state index contributed by atoms with van der Waals surface area (Å²) in [6, 6.07) is 5.55. The lowest BCUT2D eigenvalue weighted by molar-refractivity contribution is 0.0682. The lowest BCUT2D eigenvalue weighted by Gasteiger charge is -2.00. The third-order valence-corrected chi connectivity index (χ3v) is 2.54. The second-order valence-corrected chi connectivity index (χ2v) is 3.82. The van der Waals surface area contributed by atoms with Crippen molar-refractivity contribution in [2.45, 2.75) is 19.9 Å². The number of nitrogens with one attached hydrogen (secondary N) is 1. The van der Waals surface area contributed by atoms with Crippen LogP contribution >= 0.6 is 0 Å². The van der Waals surface area contributed by atoms with Crippen molar-refractivity contribution in [3.8, 4) is 0 Å². The minimum Gasteiger partial charge on any atom is -0.475 e. The quantitative estimate of drug-likeness (QED) is 0.769. The zero-order chi connectivity index (χ0) is 12.3. The summed E-state index contributed by atoms with van der Waals surface area (Å²) < 4.78 is 1.60. The number of hydrogen-bond acceptors (Lipinski definition) is 3. The van der Waals surface area contributed by atoms with Crippen molar-refractivity contribution in [3.63, 3.8) is 0 Å². The Hall–Kier alpha value is -1.88. The molecule has 17 heavy (non-hydrogen) atoms. The van der Waals surface area contributed by atoms with Crippen LogP contribution in [0.5, 0.6) is 0 Å². The van der Waals surface area contributed by atoms with Crippen LogP contribution in [0.15, 0.2) is 24.4 Å². The van der Waals surface area contributed by atoms with Crippen LogP contribution in [0.3, 0.4) is 0 Å². The zero-order valence-corrected chi connectivity index (χ0v) is 9.68. The molecule has 0 amide bonds. The van der Waals surface area contributed by atoms with Gasteiger partial charge in [-0.1, -0.05) is 13.0 Å². The normalized spacial score (nSPS) is 10.9. The highest BCUT2D eigenvalue weighted by Crippen LogP contribution is 2.12. The van der Waals surface area contributed by atoms with Crippen molar-refractivity contribution >= 4 is 11.5 Å². The number of fused-ring (bicyclic) bond motifs is 1. The summed E-state index contributed by atoms with van der Waals surface area (Å²) in [7, 11) is 0. The maximum absolute atomic E-state index is 11.1. The maximum atomic E-state index is 11.1. The van der Waals surface area contributed by atoms with Crippen LogP contribution < -0.4 is 5.32 Å². The average Bonchev–Trinajstić information content (AvgIpc) is 2.69. The molecule has 0 atom stereocenters. The van der Waals surface area contributed by atoms with Crippen LogP contribution in [0, 0.1) is 0 Å². The minimum absolute atomic E-state index is 0.0638. The van der Waals surface area contributed by atoms with Crippen LogP contribution in [0.25, 0.3) is 5.52 Å². The number of aromatic nitrogens is 2. The van der Waals surface area contributed by atoms with Crippen molar-refractivity contribution in [3.05, 3.63) is 35.9 Å². The molecule has 0 aliphatic heterocycles. The predicted molar refractivity (Wildman–Crippen MR) is 64.1 cm³/mol. The summed E-state index contributed by atoms with van der Waals surface area (Å²) in [6.07, 6.45) is 2.76. The van der Waals surface area contributed by atoms with Gasteiger partial charge in [0.2, 0.25) is 5.82 Å². The van der Waals surface area contributed by atoms with E-state index in [1.807, 2.05) is 12.1 Å². The van der Waals surface area contributed by atoms with E-state index in [1.54, 1.807) is 16.7 Å². The molecule has 0 saturated heterocycles. The van der Waals surface area contributed by atoms with Gasteiger partial charge in [0.05, 0.1) is 11.2 Å². The molecular weight excluding hydrogens is 218 g/mol. The molecule has 2 N–H and O–H groups in total. The number of carboxylic acid groups (broad SMARTS) is 1. The fourth-order valence-corrected chi connectivity index (χ4v) is 1.77. The molecule has 0 aliphatic carbocycles. The molecule has 5 nitrogen and oxygen atoms in total. The number of carboxylic acids is 1. The Morgan fingerprint density at radius 2 is 2.35 bits per heavy atom. The molecule has 2 heterocycles. The molecular formula is C12H15N3O2. The van der Waals surface area contributed by atoms with E-state index < -0.39 is 5.97 Å². The fraction of sp³-hybridized carbons (Fsp3) is 0.333. The molecule has 0 unspecified atom stereocenters. The highest BCUT2D eigenvalue weighted by Gasteiger charge is 2.15. The molecule has 0 aromatic carbocycles. The van der Waals surface area contributed by atoms with Gasteiger partial charge in [0, 0.05) is 12.7 Å². The van der Waals surface area contributed by atoms with Crippen LogP contribution in [-0.2, 0) is 6.54 Å². The lowest BCUT2D eigenvalue weighted by atomic mass is 10.3. The summed E-state index contributed by atoms with van der Waals surface area (Å²) in [4.78, 5) is 15.2. The molecule has 2 aromatic rings. The van der Waals surface area contributed by atoms with Gasteiger partial charge in [-0.2, -0.15) is 0 Å². The Morgan fingerprint density at radius 3 is 3.06 bits per heavy atom. The van der Waals surface area contributed by atoms with E-state index in [4.69, 9.17) is 5.11 Å². The van der Waals surface area contributed by atoms with Gasteiger partial charge in [-0.15, -0.1) is 0 Å². The Labute approximate surface area is 99.1 Å². The molecule has 0 fully saturated rings. The molecule has 0 bridgehead atoms. The first-order chi connectivity index (χ1) is 8.24. The van der Waals surface area contributed by atoms with Crippen molar-refractivity contribution < 1.29 is 9.90 Å². The van der Waals surface area contributed by atoms with Crippen LogP contribution in [0.2, 0.25) is 0 Å². The Morgan fingerprint density at radius 1 is 1.53 bits per heavy atom. The number of rotatable bonds is 5. The third-order valence-electron chi connectivity index (χ3n) is 2.54. The number of carbonyl (C=O) groups is 1. The van der Waals surface area contributed by atoms with Gasteiger partial charge in [0.1, 0.15) is 0 Å². The SMILES string of the molecule is CCCNCc1nc(C(=O)O)n2ccccc12. The first kappa shape index (κ1) is 11.6. The molecule has 2 rings (SSSR count). The molecule has 0 radical (unpaired) electrons. The summed E-state index contributed by atoms with van der Waals surface area (Å²) in [6.45, 7) is 3.57. The minimum atomic E-state index is -1.01. The first-order valence-electron chi connectivity index (χ1n) is 5.64. The van der Waals surface area contributed by atoms with Crippen molar-refractivity contribution in [1.29, 1.82) is 0 Å². The van der Waals surface area contributed by atoms with E-state index in [0.29, 0.717) is 6.54 Å². The second-order valence-electron chi connectivity index (χ2n) is 3.82. The van der Waals surface area contributed by atoms with Gasteiger partial charge in [-0.25, -0.2) is 9.78 Å². The standard InChI is InChI=1S/C12H15N3O2/c1-2-6-13-8-9-10-5-3-4-7-15(10)11(14-9)12(16)17/h3-5,7,13H,2,6,8H2,1H3,(H,16,17). The van der Waals surface area contributed by atoms with E-state index in [2.05, 4.69) is 17.2 Å². The van der Waals surface area contributed by atoms with Crippen LogP contribution in [0.1, 0.15) is 29.7 Å². The largest absolute Gasteiger partial charge is 0.475 e. The topological polar surface area (TPSA) is 66.6 Å². The maximum Gasteiger partial charge on any atom is 0.372 e. The summed E-state index contributed by atoms with van der Waals surface area (Å²) in [5, 5.41) is 12.3. The lowest BCUT2D eigenvalue weighted by Crippen LogP contribution is -2.14. The average molecular weight is 233 g/mol. The fourth-order valence-electron chi connectivity index (χ4n) is 1.77. The molecule has 90 valence electrons. The Kier molecular flexibility index (Phi) is 3.39. The summed E-state index contributed by atoms with van der Waals surface area (Å²) >= 11 is 0. The van der Waals surface area contributed by atoms with E-state index >= 15 is 0 Å². The zero-order valence-electron chi connectivity index (χ0n) is 9.68. The van der Waals surface area contributed by atoms with Gasteiger partial charge in [0.15, 0.2) is 0 Å². The number of pyridine rings is 1. The molecule has 2 aromatic heterocycles. The van der Waals surface area contributed by atoms with Gasteiger partial charge in [-0.3, -0.25) is 4.40 Å². The number of aromatic carboxylic acids is 1. The van der Waals surface area contributed by atoms with E-state index in [9.17, 15) is 4.79 Å². The van der Waals surface area contributed by atoms with Gasteiger partial charge >= 0.3 is 5.97 Å². The molecule has 0 spiro atoms. The predicted octanol–water partition coefficient (Wildman–Crippen LogP) is 1.53. The van der Waals surface area contributed by atoms with Crippen LogP contribution in [0.4, 0.5) is 0 Å². The summed E-state index contributed by atoms with van der Waals surface area (Å²) in [5.74, 6) is -0.943. The third kappa shape index (κ3) is 2.29. The monoisotopic (exact) mass is 233 g/mol. The van der Waals surface area contributed by atoms with Gasteiger partial charge in [-0.05, 0) is 25.1 Å². The van der Waals surface area contributed by atoms with Gasteiger partial charge in [0.25, 0.3) is 0 Å². The highest BCUT2D eigenvalue weighted by atomic mass is 16.4. The van der Waals surface area contributed by atoms with Crippen LogP contribution in [-0.4, -0.2) is 27.0 Å². The smallest absolute Gasteiger partial charge is 0.372 e. The van der Waals surface area contributed by atoms with Crippen molar-refractivity contribution in [1.82, 2.24) is 14.7 Å². The van der Waals surface area contributed by atoms with E-state index in [0.717, 1.165) is 24.2 Å². The molecule has 0 saturated carbocycles. The van der Waals surface area contributed by atoms with Crippen molar-refractivity contribution in [2.75, 3.05) is 6.54 Å². The second kappa shape index (κ2) is 4.97. The molecule has 0 aliphatic rings. The van der Waals surface area contributed by atoms with E-state index in [1.165, 1.54) is 0 Å². The molecule has 5 heteroatoms.